The molecule has 2 saturated heterocycles. The van der Waals surface area contributed by atoms with E-state index >= 15 is 0 Å². The number of hydrogen-bond acceptors (Lipinski definition) is 8. The highest BCUT2D eigenvalue weighted by atomic mass is 32.2. The minimum Gasteiger partial charge on any atom is -0.380 e. The third-order valence-corrected chi connectivity index (χ3v) is 11.6. The van der Waals surface area contributed by atoms with Crippen molar-refractivity contribution in [1.29, 1.82) is 0 Å². The molecule has 1 N–H and O–H groups in total. The molecule has 15 heteroatoms. The number of alkyl halides is 3. The highest BCUT2D eigenvalue weighted by molar-refractivity contribution is 7.91. The van der Waals surface area contributed by atoms with Crippen molar-refractivity contribution < 1.29 is 39.9 Å². The van der Waals surface area contributed by atoms with E-state index in [2.05, 4.69) is 0 Å². The van der Waals surface area contributed by atoms with Gasteiger partial charge in [0, 0.05) is 43.8 Å². The molecule has 2 aliphatic heterocycles. The number of anilines is 1. The fraction of sp³-hybridized carbons (Fsp3) is 0.583. The molecule has 1 aromatic carbocycles. The summed E-state index contributed by atoms with van der Waals surface area (Å²) in [5, 5.41) is 11.7. The molecule has 0 amide bonds. The van der Waals surface area contributed by atoms with Crippen molar-refractivity contribution >= 4 is 37.1 Å². The van der Waals surface area contributed by atoms with E-state index in [1.807, 2.05) is 11.8 Å². The van der Waals surface area contributed by atoms with Crippen LogP contribution in [0.3, 0.4) is 0 Å². The maximum Gasteiger partial charge on any atom is 0.421 e. The van der Waals surface area contributed by atoms with E-state index in [4.69, 9.17) is 4.74 Å². The molecule has 3 heterocycles. The standard InChI is InChI=1S/C24H32F3N3O6S3/c1-22(16-36-17-22)15-29(38(3,32)33)14-20-13-28(39(34,35)21-5-4-12-37-21)10-11-30(20)19-8-6-18(7-9-19)23(2,31)24(25,26)27/h4-9,12,20,31H,10-11,13-17H2,1-3H3/t20-,23?/m1/s1. The maximum atomic E-state index is 13.3. The first-order valence-corrected chi connectivity index (χ1v) is 16.3. The van der Waals surface area contributed by atoms with Crippen LogP contribution in [0.5, 0.6) is 0 Å². The lowest BCUT2D eigenvalue weighted by molar-refractivity contribution is -0.258. The molecule has 9 nitrogen and oxygen atoms in total. The van der Waals surface area contributed by atoms with Gasteiger partial charge in [-0.05, 0) is 36.1 Å². The van der Waals surface area contributed by atoms with Crippen LogP contribution in [0.2, 0.25) is 0 Å². The first kappa shape index (κ1) is 30.2. The van der Waals surface area contributed by atoms with E-state index in [0.29, 0.717) is 25.8 Å². The molecule has 2 fully saturated rings. The monoisotopic (exact) mass is 611 g/mol. The number of ether oxygens (including phenoxy) is 1. The van der Waals surface area contributed by atoms with E-state index in [-0.39, 0.29) is 47.9 Å². The summed E-state index contributed by atoms with van der Waals surface area (Å²) in [6, 6.07) is 7.71. The van der Waals surface area contributed by atoms with Crippen molar-refractivity contribution in [1.82, 2.24) is 8.61 Å². The van der Waals surface area contributed by atoms with Crippen molar-refractivity contribution in [3.8, 4) is 0 Å². The number of nitrogens with zero attached hydrogens (tertiary/aromatic N) is 3. The van der Waals surface area contributed by atoms with Crippen LogP contribution in [0.15, 0.2) is 46.0 Å². The van der Waals surface area contributed by atoms with Gasteiger partial charge in [0.1, 0.15) is 4.21 Å². The van der Waals surface area contributed by atoms with Gasteiger partial charge in [0.25, 0.3) is 10.0 Å². The minimum absolute atomic E-state index is 0.0263. The Kier molecular flexibility index (Phi) is 8.20. The van der Waals surface area contributed by atoms with Crippen molar-refractivity contribution in [2.75, 3.05) is 57.1 Å². The van der Waals surface area contributed by atoms with Crippen LogP contribution in [-0.4, -0.2) is 95.0 Å². The second-order valence-electron chi connectivity index (χ2n) is 10.6. The van der Waals surface area contributed by atoms with Crippen LogP contribution in [0, 0.1) is 5.41 Å². The Morgan fingerprint density at radius 1 is 1.13 bits per heavy atom. The number of benzene rings is 1. The van der Waals surface area contributed by atoms with Gasteiger partial charge < -0.3 is 14.7 Å². The van der Waals surface area contributed by atoms with Crippen molar-refractivity contribution in [3.05, 3.63) is 47.3 Å². The van der Waals surface area contributed by atoms with E-state index in [1.54, 1.807) is 11.4 Å². The highest BCUT2D eigenvalue weighted by Crippen LogP contribution is 2.39. The summed E-state index contributed by atoms with van der Waals surface area (Å²) in [7, 11) is -7.51. The first-order valence-electron chi connectivity index (χ1n) is 12.2. The molecule has 0 radical (unpaired) electrons. The third-order valence-electron chi connectivity index (χ3n) is 7.19. The van der Waals surface area contributed by atoms with Gasteiger partial charge in [-0.15, -0.1) is 11.3 Å². The van der Waals surface area contributed by atoms with Crippen molar-refractivity contribution in [2.24, 2.45) is 5.41 Å². The average molecular weight is 612 g/mol. The van der Waals surface area contributed by atoms with Crippen LogP contribution >= 0.6 is 11.3 Å². The molecular weight excluding hydrogens is 579 g/mol. The van der Waals surface area contributed by atoms with Crippen molar-refractivity contribution in [3.63, 3.8) is 0 Å². The van der Waals surface area contributed by atoms with Crippen LogP contribution in [0.4, 0.5) is 18.9 Å². The van der Waals surface area contributed by atoms with Crippen LogP contribution < -0.4 is 4.90 Å². The lowest BCUT2D eigenvalue weighted by atomic mass is 9.88. The second kappa shape index (κ2) is 10.6. The lowest BCUT2D eigenvalue weighted by Gasteiger charge is -2.46. The van der Waals surface area contributed by atoms with E-state index in [0.717, 1.165) is 17.6 Å². The van der Waals surface area contributed by atoms with E-state index < -0.39 is 37.9 Å². The number of thiophene rings is 1. The number of hydrogen-bond donors (Lipinski definition) is 1. The van der Waals surface area contributed by atoms with Crippen molar-refractivity contribution in [2.45, 2.75) is 35.9 Å². The average Bonchev–Trinajstić information content (AvgIpc) is 3.37. The summed E-state index contributed by atoms with van der Waals surface area (Å²) in [5.41, 5.74) is -3.28. The molecule has 4 rings (SSSR count). The Labute approximate surface area is 230 Å². The Balaban J connectivity index is 1.66. The number of aliphatic hydroxyl groups is 1. The highest BCUT2D eigenvalue weighted by Gasteiger charge is 2.51. The molecular formula is C24H32F3N3O6S3. The Morgan fingerprint density at radius 3 is 2.26 bits per heavy atom. The molecule has 0 saturated carbocycles. The first-order chi connectivity index (χ1) is 17.9. The molecule has 0 aliphatic carbocycles. The summed E-state index contributed by atoms with van der Waals surface area (Å²) < 4.78 is 100. The number of piperazine rings is 1. The van der Waals surface area contributed by atoms with Crippen LogP contribution in [0.25, 0.3) is 0 Å². The predicted molar refractivity (Wildman–Crippen MR) is 142 cm³/mol. The fourth-order valence-corrected chi connectivity index (χ4v) is 8.34. The van der Waals surface area contributed by atoms with Gasteiger partial charge in [0.05, 0.1) is 25.5 Å². The van der Waals surface area contributed by atoms with Gasteiger partial charge in [-0.3, -0.25) is 0 Å². The summed E-state index contributed by atoms with van der Waals surface area (Å²) in [6.45, 7) is 3.78. The molecule has 0 spiro atoms. The van der Waals surface area contributed by atoms with Gasteiger partial charge in [-0.25, -0.2) is 16.8 Å². The second-order valence-corrected chi connectivity index (χ2v) is 15.7. The Morgan fingerprint density at radius 2 is 1.77 bits per heavy atom. The Bertz CT molecular complexity index is 1360. The summed E-state index contributed by atoms with van der Waals surface area (Å²) in [6.07, 6.45) is -3.78. The fourth-order valence-electron chi connectivity index (χ4n) is 4.74. The summed E-state index contributed by atoms with van der Waals surface area (Å²) >= 11 is 1.09. The molecule has 1 unspecified atom stereocenters. The van der Waals surface area contributed by atoms with Gasteiger partial charge in [0.2, 0.25) is 10.0 Å². The maximum absolute atomic E-state index is 13.3. The molecule has 2 aliphatic rings. The minimum atomic E-state index is -4.88. The Hall–Kier alpha value is -1.75. The molecule has 39 heavy (non-hydrogen) atoms. The van der Waals surface area contributed by atoms with Crippen LogP contribution in [0.1, 0.15) is 19.4 Å². The number of rotatable bonds is 9. The van der Waals surface area contributed by atoms with Crippen LogP contribution in [-0.2, 0) is 30.4 Å². The molecule has 218 valence electrons. The zero-order valence-electron chi connectivity index (χ0n) is 21.8. The molecule has 1 aromatic heterocycles. The van der Waals surface area contributed by atoms with Gasteiger partial charge in [-0.2, -0.15) is 21.8 Å². The zero-order chi connectivity index (χ0) is 28.9. The van der Waals surface area contributed by atoms with Gasteiger partial charge >= 0.3 is 6.18 Å². The molecule has 2 aromatic rings. The lowest BCUT2D eigenvalue weighted by Crippen LogP contribution is -2.60. The van der Waals surface area contributed by atoms with Gasteiger partial charge in [0.15, 0.2) is 5.60 Å². The number of halogens is 3. The smallest absolute Gasteiger partial charge is 0.380 e. The third kappa shape index (κ3) is 6.29. The largest absolute Gasteiger partial charge is 0.421 e. The summed E-state index contributed by atoms with van der Waals surface area (Å²) in [5.74, 6) is 0. The van der Waals surface area contributed by atoms with E-state index in [9.17, 15) is 35.1 Å². The zero-order valence-corrected chi connectivity index (χ0v) is 24.2. The molecule has 2 atom stereocenters. The quantitative estimate of drug-likeness (QED) is 0.465. The molecule has 0 bridgehead atoms. The number of sulfonamides is 2. The SMILES string of the molecule is CC1(CN(C[C@H]2CN(S(=O)(=O)c3cccs3)CCN2c2ccc(C(C)(O)C(F)(F)F)cc2)S(C)(=O)=O)COC1. The topological polar surface area (TPSA) is 107 Å². The van der Waals surface area contributed by atoms with E-state index in [1.165, 1.54) is 38.9 Å². The van der Waals surface area contributed by atoms with Gasteiger partial charge in [-0.1, -0.05) is 25.1 Å². The summed E-state index contributed by atoms with van der Waals surface area (Å²) in [4.78, 5) is 1.81. The predicted octanol–water partition coefficient (Wildman–Crippen LogP) is 2.70. The normalized spacial score (nSPS) is 22.5.